The first kappa shape index (κ1) is 20.8. The lowest BCUT2D eigenvalue weighted by atomic mass is 9.92. The second-order valence-electron chi connectivity index (χ2n) is 6.33. The van der Waals surface area contributed by atoms with Gasteiger partial charge in [0.2, 0.25) is 0 Å². The lowest BCUT2D eigenvalue weighted by Crippen LogP contribution is -2.69. The number of rotatable bonds is 10. The van der Waals surface area contributed by atoms with E-state index in [1.807, 2.05) is 0 Å². The third-order valence-corrected chi connectivity index (χ3v) is 4.68. The molecule has 7 heteroatoms. The molecular weight excluding hydrogens is 302 g/mol. The maximum absolute atomic E-state index is 10.2. The average molecular weight is 335 g/mol. The fraction of sp³-hybridized carbons (Fsp3) is 1.00. The summed E-state index contributed by atoms with van der Waals surface area (Å²) in [5.74, 6) is 0. The highest BCUT2D eigenvalue weighted by Crippen LogP contribution is 2.27. The van der Waals surface area contributed by atoms with E-state index in [0.717, 1.165) is 19.3 Å². The molecule has 0 aromatic heterocycles. The van der Waals surface area contributed by atoms with Crippen LogP contribution in [0.4, 0.5) is 0 Å². The van der Waals surface area contributed by atoms with Crippen LogP contribution in [0.5, 0.6) is 0 Å². The van der Waals surface area contributed by atoms with Crippen molar-refractivity contribution in [2.75, 3.05) is 13.7 Å². The molecule has 1 aliphatic rings. The molecular formula is C16H33NO6. The van der Waals surface area contributed by atoms with Crippen LogP contribution in [0.15, 0.2) is 0 Å². The summed E-state index contributed by atoms with van der Waals surface area (Å²) < 4.78 is 5.40. The number of piperidine rings is 1. The first-order chi connectivity index (χ1) is 11.0. The van der Waals surface area contributed by atoms with E-state index < -0.39 is 43.4 Å². The first-order valence-electron chi connectivity index (χ1n) is 8.62. The van der Waals surface area contributed by atoms with Gasteiger partial charge in [0.05, 0.1) is 12.6 Å². The van der Waals surface area contributed by atoms with Crippen molar-refractivity contribution in [2.24, 2.45) is 0 Å². The molecule has 23 heavy (non-hydrogen) atoms. The van der Waals surface area contributed by atoms with E-state index in [-0.39, 0.29) is 0 Å². The second kappa shape index (κ2) is 10.6. The highest BCUT2D eigenvalue weighted by Gasteiger charge is 2.49. The van der Waals surface area contributed by atoms with Gasteiger partial charge in [0.25, 0.3) is 0 Å². The van der Waals surface area contributed by atoms with Crippen molar-refractivity contribution >= 4 is 0 Å². The van der Waals surface area contributed by atoms with E-state index in [0.29, 0.717) is 6.42 Å². The topological polar surface area (TPSA) is 114 Å². The van der Waals surface area contributed by atoms with Gasteiger partial charge in [0.1, 0.15) is 30.8 Å². The van der Waals surface area contributed by atoms with Crippen molar-refractivity contribution in [1.82, 2.24) is 4.90 Å². The van der Waals surface area contributed by atoms with E-state index in [9.17, 15) is 25.5 Å². The lowest BCUT2D eigenvalue weighted by Gasteiger charge is -2.49. The molecule has 0 aromatic carbocycles. The third kappa shape index (κ3) is 5.35. The Morgan fingerprint density at radius 2 is 1.52 bits per heavy atom. The minimum atomic E-state index is -1.50. The predicted octanol–water partition coefficient (Wildman–Crippen LogP) is -0.213. The third-order valence-electron chi connectivity index (χ3n) is 4.68. The molecule has 0 saturated carbocycles. The number of nitrogens with zero attached hydrogens (tertiary/aromatic N) is 1. The first-order valence-corrected chi connectivity index (χ1v) is 8.62. The summed E-state index contributed by atoms with van der Waals surface area (Å²) in [6.45, 7) is 1.72. The van der Waals surface area contributed by atoms with Gasteiger partial charge in [0.15, 0.2) is 0 Å². The SMILES string of the molecule is CCCCCCCCC(OC)N1C(O)[C@H](O)[C@@H](O)[C@H](O)[C@H]1CO. The Morgan fingerprint density at radius 1 is 0.913 bits per heavy atom. The van der Waals surface area contributed by atoms with Crippen LogP contribution in [-0.2, 0) is 4.74 Å². The van der Waals surface area contributed by atoms with Crippen molar-refractivity contribution in [1.29, 1.82) is 0 Å². The Labute approximate surface area is 138 Å². The molecule has 138 valence electrons. The molecule has 7 nitrogen and oxygen atoms in total. The van der Waals surface area contributed by atoms with Crippen LogP contribution in [0, 0.1) is 0 Å². The van der Waals surface area contributed by atoms with E-state index >= 15 is 0 Å². The molecule has 0 radical (unpaired) electrons. The Balaban J connectivity index is 2.62. The number of hydrogen-bond donors (Lipinski definition) is 5. The van der Waals surface area contributed by atoms with Crippen LogP contribution in [-0.4, -0.2) is 81.0 Å². The van der Waals surface area contributed by atoms with E-state index in [1.165, 1.54) is 31.3 Å². The summed E-state index contributed by atoms with van der Waals surface area (Å²) in [7, 11) is 1.49. The molecule has 1 saturated heterocycles. The molecule has 1 fully saturated rings. The predicted molar refractivity (Wildman–Crippen MR) is 85.5 cm³/mol. The number of aliphatic hydroxyl groups is 5. The van der Waals surface area contributed by atoms with E-state index in [4.69, 9.17) is 4.74 Å². The summed E-state index contributed by atoms with van der Waals surface area (Å²) >= 11 is 0. The van der Waals surface area contributed by atoms with Crippen LogP contribution >= 0.6 is 0 Å². The molecule has 0 spiro atoms. The summed E-state index contributed by atoms with van der Waals surface area (Å²) in [5, 5.41) is 49.4. The number of likely N-dealkylation sites (tertiary alicyclic amines) is 1. The normalized spacial score (nSPS) is 33.8. The highest BCUT2D eigenvalue weighted by molar-refractivity contribution is 4.97. The largest absolute Gasteiger partial charge is 0.395 e. The zero-order valence-electron chi connectivity index (χ0n) is 14.2. The van der Waals surface area contributed by atoms with Gasteiger partial charge < -0.3 is 30.3 Å². The van der Waals surface area contributed by atoms with Gasteiger partial charge in [-0.2, -0.15) is 0 Å². The molecule has 1 rings (SSSR count). The van der Waals surface area contributed by atoms with Crippen LogP contribution in [0.25, 0.3) is 0 Å². The average Bonchev–Trinajstić information content (AvgIpc) is 2.56. The monoisotopic (exact) mass is 335 g/mol. The number of methoxy groups -OCH3 is 1. The Morgan fingerprint density at radius 3 is 2.09 bits per heavy atom. The Kier molecular flexibility index (Phi) is 9.53. The summed E-state index contributed by atoms with van der Waals surface area (Å²) in [4.78, 5) is 1.37. The zero-order chi connectivity index (χ0) is 17.4. The van der Waals surface area contributed by atoms with Crippen LogP contribution in [0.1, 0.15) is 51.9 Å². The minimum Gasteiger partial charge on any atom is -0.395 e. The molecule has 0 aliphatic carbocycles. The molecule has 1 heterocycles. The zero-order valence-corrected chi connectivity index (χ0v) is 14.2. The van der Waals surface area contributed by atoms with Crippen LogP contribution in [0.2, 0.25) is 0 Å². The van der Waals surface area contributed by atoms with Gasteiger partial charge in [-0.25, -0.2) is 4.90 Å². The summed E-state index contributed by atoms with van der Waals surface area (Å²) in [6.07, 6.45) is 1.02. The van der Waals surface area contributed by atoms with Crippen molar-refractivity contribution in [3.05, 3.63) is 0 Å². The van der Waals surface area contributed by atoms with E-state index in [1.54, 1.807) is 0 Å². The fourth-order valence-corrected chi connectivity index (χ4v) is 3.23. The van der Waals surface area contributed by atoms with Gasteiger partial charge in [-0.05, 0) is 12.8 Å². The van der Waals surface area contributed by atoms with Crippen molar-refractivity contribution in [2.45, 2.75) is 88.7 Å². The Hall–Kier alpha value is -0.280. The maximum atomic E-state index is 10.2. The number of unbranched alkanes of at least 4 members (excludes halogenated alkanes) is 5. The van der Waals surface area contributed by atoms with Gasteiger partial charge >= 0.3 is 0 Å². The van der Waals surface area contributed by atoms with Gasteiger partial charge in [-0.15, -0.1) is 0 Å². The molecule has 5 N–H and O–H groups in total. The number of aliphatic hydroxyl groups excluding tert-OH is 5. The standard InChI is InChI=1S/C16H33NO6/c1-3-4-5-6-7-8-9-12(23-2)17-11(10-18)13(19)14(20)15(21)16(17)22/h11-16,18-22H,3-10H2,1-2H3/t11-,12?,13-,14+,15-,16?/m1/s1. The maximum Gasteiger partial charge on any atom is 0.138 e. The van der Waals surface area contributed by atoms with Crippen LogP contribution in [0.3, 0.4) is 0 Å². The smallest absolute Gasteiger partial charge is 0.138 e. The quantitative estimate of drug-likeness (QED) is 0.351. The minimum absolute atomic E-state index is 0.446. The van der Waals surface area contributed by atoms with Gasteiger partial charge in [-0.1, -0.05) is 39.0 Å². The lowest BCUT2D eigenvalue weighted by molar-refractivity contribution is -0.261. The van der Waals surface area contributed by atoms with Gasteiger partial charge in [-0.3, -0.25) is 0 Å². The number of ether oxygens (including phenoxy) is 1. The summed E-state index contributed by atoms with van der Waals surface area (Å²) in [5.41, 5.74) is 0. The molecule has 6 atom stereocenters. The van der Waals surface area contributed by atoms with Gasteiger partial charge in [0, 0.05) is 7.11 Å². The van der Waals surface area contributed by atoms with Crippen LogP contribution < -0.4 is 0 Å². The number of hydrogen-bond acceptors (Lipinski definition) is 7. The molecule has 0 amide bonds. The highest BCUT2D eigenvalue weighted by atomic mass is 16.5. The molecule has 0 bridgehead atoms. The van der Waals surface area contributed by atoms with Crippen molar-refractivity contribution < 1.29 is 30.3 Å². The van der Waals surface area contributed by atoms with Crippen molar-refractivity contribution in [3.63, 3.8) is 0 Å². The fourth-order valence-electron chi connectivity index (χ4n) is 3.23. The molecule has 1 aliphatic heterocycles. The summed E-state index contributed by atoms with van der Waals surface area (Å²) in [6, 6.07) is -0.881. The molecule has 2 unspecified atom stereocenters. The van der Waals surface area contributed by atoms with Crippen molar-refractivity contribution in [3.8, 4) is 0 Å². The van der Waals surface area contributed by atoms with E-state index in [2.05, 4.69) is 6.92 Å². The molecule has 0 aromatic rings. The Bertz CT molecular complexity index is 319. The second-order valence-corrected chi connectivity index (χ2v) is 6.33.